The number of aromatic nitrogens is 2. The van der Waals surface area contributed by atoms with E-state index in [1.54, 1.807) is 4.90 Å². The number of nitrogens with zero attached hydrogens (tertiary/aromatic N) is 4. The van der Waals surface area contributed by atoms with Crippen molar-refractivity contribution in [1.82, 2.24) is 25.1 Å². The standard InChI is InChI=1S/C21H25N5O5/c27-14-18(24-19(28)17-13-22-7-8-23-17)20(29)25-9-4-10-26(12-11-25)21(30)31-15-16-5-2-1-3-6-16/h1-3,5-8,13,18,27H,4,9-12,14-15H2,(H,24,28)/t18-/m0/s1. The minimum atomic E-state index is -1.11. The molecule has 3 rings (SSSR count). The second-order valence-corrected chi connectivity index (χ2v) is 7.01. The largest absolute Gasteiger partial charge is 0.445 e. The smallest absolute Gasteiger partial charge is 0.410 e. The zero-order chi connectivity index (χ0) is 22.1. The summed E-state index contributed by atoms with van der Waals surface area (Å²) in [6.07, 6.45) is 4.19. The zero-order valence-electron chi connectivity index (χ0n) is 17.0. The Kier molecular flexibility index (Phi) is 7.88. The maximum absolute atomic E-state index is 12.8. The van der Waals surface area contributed by atoms with Crippen molar-refractivity contribution in [1.29, 1.82) is 0 Å². The molecule has 0 saturated carbocycles. The summed E-state index contributed by atoms with van der Waals surface area (Å²) in [5, 5.41) is 12.1. The van der Waals surface area contributed by atoms with Crippen LogP contribution in [0.25, 0.3) is 0 Å². The van der Waals surface area contributed by atoms with Crippen molar-refractivity contribution in [3.63, 3.8) is 0 Å². The number of carbonyl (C=O) groups is 3. The molecule has 10 nitrogen and oxygen atoms in total. The number of ether oxygens (including phenoxy) is 1. The van der Waals surface area contributed by atoms with Gasteiger partial charge in [0.05, 0.1) is 12.8 Å². The molecule has 2 N–H and O–H groups in total. The third-order valence-corrected chi connectivity index (χ3v) is 4.85. The van der Waals surface area contributed by atoms with Gasteiger partial charge in [0.25, 0.3) is 5.91 Å². The van der Waals surface area contributed by atoms with E-state index >= 15 is 0 Å². The van der Waals surface area contributed by atoms with Gasteiger partial charge < -0.3 is 25.0 Å². The number of rotatable bonds is 6. The van der Waals surface area contributed by atoms with Crippen LogP contribution in [0.2, 0.25) is 0 Å². The highest BCUT2D eigenvalue weighted by molar-refractivity contribution is 5.95. The van der Waals surface area contributed by atoms with Crippen LogP contribution in [0.15, 0.2) is 48.9 Å². The highest BCUT2D eigenvalue weighted by atomic mass is 16.6. The minimum absolute atomic E-state index is 0.0527. The van der Waals surface area contributed by atoms with E-state index in [9.17, 15) is 19.5 Å². The van der Waals surface area contributed by atoms with Gasteiger partial charge in [0.1, 0.15) is 18.3 Å². The summed E-state index contributed by atoms with van der Waals surface area (Å²) in [5.74, 6) is -1.01. The van der Waals surface area contributed by atoms with Crippen molar-refractivity contribution in [2.75, 3.05) is 32.8 Å². The highest BCUT2D eigenvalue weighted by Crippen LogP contribution is 2.09. The average Bonchev–Trinajstić information content (AvgIpc) is 3.08. The SMILES string of the molecule is O=C(N[C@@H](CO)C(=O)N1CCCN(C(=O)OCc2ccccc2)CC1)c1cnccn1. The second kappa shape index (κ2) is 11.0. The molecular formula is C21H25N5O5. The van der Waals surface area contributed by atoms with Crippen LogP contribution in [-0.4, -0.2) is 81.6 Å². The molecule has 1 aromatic heterocycles. The van der Waals surface area contributed by atoms with Crippen molar-refractivity contribution in [3.8, 4) is 0 Å². The molecule has 0 aliphatic carbocycles. The number of aliphatic hydroxyl groups excluding tert-OH is 1. The van der Waals surface area contributed by atoms with E-state index in [2.05, 4.69) is 15.3 Å². The van der Waals surface area contributed by atoms with Crippen LogP contribution in [0.1, 0.15) is 22.5 Å². The van der Waals surface area contributed by atoms with Gasteiger partial charge in [0.2, 0.25) is 5.91 Å². The monoisotopic (exact) mass is 427 g/mol. The number of hydrogen-bond acceptors (Lipinski definition) is 7. The van der Waals surface area contributed by atoms with Crippen molar-refractivity contribution >= 4 is 17.9 Å². The lowest BCUT2D eigenvalue weighted by Gasteiger charge is -2.26. The van der Waals surface area contributed by atoms with E-state index in [-0.39, 0.29) is 18.8 Å². The third kappa shape index (κ3) is 6.22. The lowest BCUT2D eigenvalue weighted by Crippen LogP contribution is -2.51. The average molecular weight is 427 g/mol. The fraction of sp³-hybridized carbons (Fsp3) is 0.381. The second-order valence-electron chi connectivity index (χ2n) is 7.01. The van der Waals surface area contributed by atoms with Gasteiger partial charge in [0, 0.05) is 38.6 Å². The van der Waals surface area contributed by atoms with Crippen molar-refractivity contribution in [2.24, 2.45) is 0 Å². The first kappa shape index (κ1) is 22.2. The fourth-order valence-corrected chi connectivity index (χ4v) is 3.19. The third-order valence-electron chi connectivity index (χ3n) is 4.85. The van der Waals surface area contributed by atoms with Crippen molar-refractivity contribution in [3.05, 3.63) is 60.2 Å². The number of hydrogen-bond donors (Lipinski definition) is 2. The summed E-state index contributed by atoms with van der Waals surface area (Å²) in [7, 11) is 0. The Labute approximate surface area is 179 Å². The molecule has 10 heteroatoms. The number of nitrogens with one attached hydrogen (secondary N) is 1. The molecule has 1 saturated heterocycles. The molecule has 0 radical (unpaired) electrons. The zero-order valence-corrected chi connectivity index (χ0v) is 17.0. The Morgan fingerprint density at radius 3 is 2.52 bits per heavy atom. The predicted octanol–water partition coefficient (Wildman–Crippen LogP) is 0.438. The Hall–Kier alpha value is -3.53. The molecule has 2 heterocycles. The van der Waals surface area contributed by atoms with E-state index in [0.29, 0.717) is 26.1 Å². The quantitative estimate of drug-likeness (QED) is 0.685. The first-order chi connectivity index (χ1) is 15.1. The maximum atomic E-state index is 12.8. The Balaban J connectivity index is 1.51. The molecule has 1 atom stereocenters. The number of amides is 3. The molecule has 0 unspecified atom stereocenters. The molecule has 2 aromatic rings. The first-order valence-electron chi connectivity index (χ1n) is 10.0. The molecule has 31 heavy (non-hydrogen) atoms. The van der Waals surface area contributed by atoms with Crippen LogP contribution in [0.3, 0.4) is 0 Å². The Morgan fingerprint density at radius 2 is 1.81 bits per heavy atom. The minimum Gasteiger partial charge on any atom is -0.445 e. The summed E-state index contributed by atoms with van der Waals surface area (Å²) in [6.45, 7) is 1.06. The van der Waals surface area contributed by atoms with Gasteiger partial charge in [-0.15, -0.1) is 0 Å². The van der Waals surface area contributed by atoms with Crippen LogP contribution < -0.4 is 5.32 Å². The van der Waals surface area contributed by atoms with Gasteiger partial charge in [-0.3, -0.25) is 14.6 Å². The molecule has 0 spiro atoms. The summed E-state index contributed by atoms with van der Waals surface area (Å²) >= 11 is 0. The van der Waals surface area contributed by atoms with E-state index in [0.717, 1.165) is 5.56 Å². The molecule has 1 aliphatic rings. The van der Waals surface area contributed by atoms with Gasteiger partial charge in [-0.05, 0) is 12.0 Å². The predicted molar refractivity (Wildman–Crippen MR) is 110 cm³/mol. The van der Waals surface area contributed by atoms with Crippen LogP contribution >= 0.6 is 0 Å². The number of carbonyl (C=O) groups excluding carboxylic acids is 3. The Bertz CT molecular complexity index is 880. The van der Waals surface area contributed by atoms with Gasteiger partial charge in [-0.2, -0.15) is 0 Å². The highest BCUT2D eigenvalue weighted by Gasteiger charge is 2.29. The van der Waals surface area contributed by atoms with E-state index < -0.39 is 30.6 Å². The van der Waals surface area contributed by atoms with Crippen molar-refractivity contribution < 1.29 is 24.2 Å². The topological polar surface area (TPSA) is 125 Å². The molecule has 1 fully saturated rings. The molecule has 164 valence electrons. The van der Waals surface area contributed by atoms with Gasteiger partial charge in [-0.25, -0.2) is 9.78 Å². The first-order valence-corrected chi connectivity index (χ1v) is 10.0. The summed E-state index contributed by atoms with van der Waals surface area (Å²) in [5.41, 5.74) is 0.948. The molecular weight excluding hydrogens is 402 g/mol. The van der Waals surface area contributed by atoms with Crippen LogP contribution in [0.4, 0.5) is 4.79 Å². The number of benzene rings is 1. The molecule has 0 bridgehead atoms. The van der Waals surface area contributed by atoms with E-state index in [1.807, 2.05) is 30.3 Å². The maximum Gasteiger partial charge on any atom is 0.410 e. The summed E-state index contributed by atoms with van der Waals surface area (Å²) in [4.78, 5) is 48.2. The lowest BCUT2D eigenvalue weighted by atomic mass is 10.2. The molecule has 1 aliphatic heterocycles. The Morgan fingerprint density at radius 1 is 1.06 bits per heavy atom. The molecule has 1 aromatic carbocycles. The van der Waals surface area contributed by atoms with Crippen LogP contribution in [0.5, 0.6) is 0 Å². The lowest BCUT2D eigenvalue weighted by molar-refractivity contribution is -0.134. The van der Waals surface area contributed by atoms with Crippen LogP contribution in [-0.2, 0) is 16.1 Å². The van der Waals surface area contributed by atoms with Gasteiger partial charge in [-0.1, -0.05) is 30.3 Å². The normalized spacial score (nSPS) is 15.0. The van der Waals surface area contributed by atoms with Gasteiger partial charge in [0.15, 0.2) is 0 Å². The molecule has 3 amide bonds. The summed E-state index contributed by atoms with van der Waals surface area (Å²) < 4.78 is 5.36. The van der Waals surface area contributed by atoms with Crippen LogP contribution in [0, 0.1) is 0 Å². The van der Waals surface area contributed by atoms with E-state index in [4.69, 9.17) is 4.74 Å². The summed E-state index contributed by atoms with van der Waals surface area (Å²) in [6, 6.07) is 8.28. The fourth-order valence-electron chi connectivity index (χ4n) is 3.19. The van der Waals surface area contributed by atoms with E-state index in [1.165, 1.54) is 23.5 Å². The van der Waals surface area contributed by atoms with Crippen molar-refractivity contribution in [2.45, 2.75) is 19.1 Å². The van der Waals surface area contributed by atoms with Gasteiger partial charge >= 0.3 is 6.09 Å². The number of aliphatic hydroxyl groups is 1.